The maximum Gasteiger partial charge on any atom is 0.309 e. The van der Waals surface area contributed by atoms with Crippen molar-refractivity contribution in [3.8, 4) is 11.5 Å². The smallest absolute Gasteiger partial charge is 0.309 e. The molecule has 0 radical (unpaired) electrons. The van der Waals surface area contributed by atoms with Crippen LogP contribution in [0.15, 0.2) is 0 Å². The van der Waals surface area contributed by atoms with E-state index in [-0.39, 0.29) is 12.2 Å². The van der Waals surface area contributed by atoms with E-state index >= 15 is 0 Å². The zero-order valence-corrected chi connectivity index (χ0v) is 13.9. The average molecular weight is 304 g/mol. The van der Waals surface area contributed by atoms with Gasteiger partial charge in [0.1, 0.15) is 23.7 Å². The van der Waals surface area contributed by atoms with Crippen molar-refractivity contribution in [2.45, 2.75) is 66.1 Å². The second-order valence-corrected chi connectivity index (χ2v) is 7.35. The SMILES string of the molecule is Cc1c2c(c(CC(C)(C)C(=O)O)c3c1OC(C)C3)OC(C)C2. The van der Waals surface area contributed by atoms with Gasteiger partial charge in [0, 0.05) is 29.5 Å². The van der Waals surface area contributed by atoms with E-state index in [1.165, 1.54) is 5.56 Å². The highest BCUT2D eigenvalue weighted by Crippen LogP contribution is 2.48. The lowest BCUT2D eigenvalue weighted by atomic mass is 9.81. The summed E-state index contributed by atoms with van der Waals surface area (Å²) in [6, 6.07) is 0. The normalized spacial score (nSPS) is 22.8. The largest absolute Gasteiger partial charge is 0.490 e. The molecule has 1 aromatic carbocycles. The minimum absolute atomic E-state index is 0.139. The monoisotopic (exact) mass is 304 g/mol. The van der Waals surface area contributed by atoms with Crippen LogP contribution in [-0.4, -0.2) is 23.3 Å². The molecule has 0 bridgehead atoms. The van der Waals surface area contributed by atoms with Gasteiger partial charge in [-0.15, -0.1) is 0 Å². The quantitative estimate of drug-likeness (QED) is 0.931. The lowest BCUT2D eigenvalue weighted by Crippen LogP contribution is -2.27. The zero-order valence-electron chi connectivity index (χ0n) is 13.9. The first-order chi connectivity index (χ1) is 10.2. The second kappa shape index (κ2) is 4.90. The maximum atomic E-state index is 11.5. The Balaban J connectivity index is 2.16. The van der Waals surface area contributed by atoms with Crippen molar-refractivity contribution >= 4 is 5.97 Å². The number of carboxylic acid groups (broad SMARTS) is 1. The summed E-state index contributed by atoms with van der Waals surface area (Å²) in [6.45, 7) is 9.74. The number of aliphatic carboxylic acids is 1. The van der Waals surface area contributed by atoms with Crippen LogP contribution in [0.4, 0.5) is 0 Å². The second-order valence-electron chi connectivity index (χ2n) is 7.35. The van der Waals surface area contributed by atoms with E-state index in [4.69, 9.17) is 9.47 Å². The molecule has 1 aromatic rings. The number of fused-ring (bicyclic) bond motifs is 2. The summed E-state index contributed by atoms with van der Waals surface area (Å²) >= 11 is 0. The molecule has 0 fully saturated rings. The fourth-order valence-electron chi connectivity index (χ4n) is 3.52. The van der Waals surface area contributed by atoms with Crippen molar-refractivity contribution in [2.75, 3.05) is 0 Å². The van der Waals surface area contributed by atoms with Gasteiger partial charge in [-0.05, 0) is 46.6 Å². The number of hydrogen-bond donors (Lipinski definition) is 1. The Hall–Kier alpha value is -1.71. The Kier molecular flexibility index (Phi) is 3.38. The van der Waals surface area contributed by atoms with Gasteiger partial charge in [-0.25, -0.2) is 0 Å². The molecule has 2 aliphatic heterocycles. The van der Waals surface area contributed by atoms with Gasteiger partial charge < -0.3 is 14.6 Å². The van der Waals surface area contributed by atoms with Crippen LogP contribution in [0.25, 0.3) is 0 Å². The third-order valence-electron chi connectivity index (χ3n) is 4.80. The van der Waals surface area contributed by atoms with Crippen molar-refractivity contribution < 1.29 is 19.4 Å². The first-order valence-electron chi connectivity index (χ1n) is 7.94. The molecule has 120 valence electrons. The van der Waals surface area contributed by atoms with E-state index in [9.17, 15) is 9.90 Å². The highest BCUT2D eigenvalue weighted by Gasteiger charge is 2.38. The topological polar surface area (TPSA) is 55.8 Å². The number of carbonyl (C=O) groups is 1. The first kappa shape index (κ1) is 15.2. The minimum Gasteiger partial charge on any atom is -0.490 e. The van der Waals surface area contributed by atoms with Crippen LogP contribution in [0.3, 0.4) is 0 Å². The number of carboxylic acids is 1. The van der Waals surface area contributed by atoms with E-state index in [1.54, 1.807) is 13.8 Å². The molecule has 3 rings (SSSR count). The minimum atomic E-state index is -0.822. The highest BCUT2D eigenvalue weighted by molar-refractivity contribution is 5.75. The molecule has 22 heavy (non-hydrogen) atoms. The molecule has 0 saturated carbocycles. The Morgan fingerprint density at radius 1 is 1.14 bits per heavy atom. The van der Waals surface area contributed by atoms with E-state index in [0.717, 1.165) is 41.0 Å². The zero-order chi connectivity index (χ0) is 16.2. The van der Waals surface area contributed by atoms with Crippen LogP contribution in [-0.2, 0) is 24.1 Å². The van der Waals surface area contributed by atoms with Gasteiger partial charge in [0.05, 0.1) is 5.41 Å². The fraction of sp³-hybridized carbons (Fsp3) is 0.611. The van der Waals surface area contributed by atoms with Crippen LogP contribution >= 0.6 is 0 Å². The third kappa shape index (κ3) is 2.25. The Bertz CT molecular complexity index is 606. The Morgan fingerprint density at radius 2 is 1.68 bits per heavy atom. The molecule has 0 saturated heterocycles. The van der Waals surface area contributed by atoms with Gasteiger partial charge in [-0.2, -0.15) is 0 Å². The number of benzene rings is 1. The molecular weight excluding hydrogens is 280 g/mol. The van der Waals surface area contributed by atoms with Gasteiger partial charge in [0.2, 0.25) is 0 Å². The average Bonchev–Trinajstić information content (AvgIpc) is 2.97. The number of ether oxygens (including phenoxy) is 2. The number of hydrogen-bond acceptors (Lipinski definition) is 3. The van der Waals surface area contributed by atoms with Crippen LogP contribution < -0.4 is 9.47 Å². The van der Waals surface area contributed by atoms with Crippen molar-refractivity contribution in [2.24, 2.45) is 5.41 Å². The van der Waals surface area contributed by atoms with Crippen molar-refractivity contribution in [1.82, 2.24) is 0 Å². The molecule has 4 heteroatoms. The first-order valence-corrected chi connectivity index (χ1v) is 7.94. The van der Waals surface area contributed by atoms with Gasteiger partial charge in [0.25, 0.3) is 0 Å². The Labute approximate surface area is 131 Å². The van der Waals surface area contributed by atoms with Crippen molar-refractivity contribution in [3.05, 3.63) is 22.3 Å². The van der Waals surface area contributed by atoms with Gasteiger partial charge in [-0.3, -0.25) is 4.79 Å². The molecule has 0 aromatic heterocycles. The standard InChI is InChI=1S/C18H24O4/c1-9-6-12-11(3)15-13(7-10(2)21-15)14(16(12)22-9)8-18(4,5)17(19)20/h9-10H,6-8H2,1-5H3,(H,19,20). The summed E-state index contributed by atoms with van der Waals surface area (Å²) in [4.78, 5) is 11.5. The third-order valence-corrected chi connectivity index (χ3v) is 4.80. The summed E-state index contributed by atoms with van der Waals surface area (Å²) in [6.07, 6.45) is 2.44. The highest BCUT2D eigenvalue weighted by atomic mass is 16.5. The van der Waals surface area contributed by atoms with Gasteiger partial charge >= 0.3 is 5.97 Å². The predicted octanol–water partition coefficient (Wildman–Crippen LogP) is 3.30. The lowest BCUT2D eigenvalue weighted by Gasteiger charge is -2.23. The predicted molar refractivity (Wildman–Crippen MR) is 83.9 cm³/mol. The lowest BCUT2D eigenvalue weighted by molar-refractivity contribution is -0.146. The molecular formula is C18H24O4. The molecule has 2 atom stereocenters. The molecule has 2 unspecified atom stereocenters. The van der Waals surface area contributed by atoms with E-state index in [1.807, 2.05) is 0 Å². The molecule has 0 amide bonds. The van der Waals surface area contributed by atoms with Crippen molar-refractivity contribution in [3.63, 3.8) is 0 Å². The van der Waals surface area contributed by atoms with E-state index in [0.29, 0.717) is 6.42 Å². The summed E-state index contributed by atoms with van der Waals surface area (Å²) in [5.41, 5.74) is 3.72. The summed E-state index contributed by atoms with van der Waals surface area (Å²) < 4.78 is 12.1. The molecule has 0 aliphatic carbocycles. The van der Waals surface area contributed by atoms with Gasteiger partial charge in [-0.1, -0.05) is 0 Å². The fourth-order valence-corrected chi connectivity index (χ4v) is 3.52. The van der Waals surface area contributed by atoms with Crippen LogP contribution in [0.5, 0.6) is 11.5 Å². The summed E-state index contributed by atoms with van der Waals surface area (Å²) in [7, 11) is 0. The van der Waals surface area contributed by atoms with Crippen LogP contribution in [0, 0.1) is 12.3 Å². The molecule has 4 nitrogen and oxygen atoms in total. The van der Waals surface area contributed by atoms with Crippen LogP contribution in [0.2, 0.25) is 0 Å². The Morgan fingerprint density at radius 3 is 2.27 bits per heavy atom. The van der Waals surface area contributed by atoms with Crippen LogP contribution in [0.1, 0.15) is 49.9 Å². The van der Waals surface area contributed by atoms with Crippen molar-refractivity contribution in [1.29, 1.82) is 0 Å². The van der Waals surface area contributed by atoms with E-state index < -0.39 is 11.4 Å². The molecule has 1 N–H and O–H groups in total. The maximum absolute atomic E-state index is 11.5. The molecule has 2 heterocycles. The van der Waals surface area contributed by atoms with Gasteiger partial charge in [0.15, 0.2) is 0 Å². The van der Waals surface area contributed by atoms with E-state index in [2.05, 4.69) is 20.8 Å². The molecule has 2 aliphatic rings. The summed E-state index contributed by atoms with van der Waals surface area (Å²) in [5, 5.41) is 9.49. The summed E-state index contributed by atoms with van der Waals surface area (Å²) in [5.74, 6) is 1.09. The molecule has 0 spiro atoms. The number of rotatable bonds is 3.